The first-order valence-electron chi connectivity index (χ1n) is 8.23. The summed E-state index contributed by atoms with van der Waals surface area (Å²) >= 11 is 0. The predicted octanol–water partition coefficient (Wildman–Crippen LogP) is 1.88. The summed E-state index contributed by atoms with van der Waals surface area (Å²) in [5.41, 5.74) is 2.80. The van der Waals surface area contributed by atoms with Crippen LogP contribution in [0, 0.1) is 6.92 Å². The van der Waals surface area contributed by atoms with Crippen molar-refractivity contribution >= 4 is 11.9 Å². The minimum atomic E-state index is -1.01. The Kier molecular flexibility index (Phi) is 5.14. The number of aliphatic carboxylic acids is 1. The van der Waals surface area contributed by atoms with Crippen molar-refractivity contribution in [1.29, 1.82) is 0 Å². The zero-order chi connectivity index (χ0) is 17.8. The molecule has 7 heteroatoms. The fraction of sp³-hybridized carbons (Fsp3) is 0.389. The molecule has 0 amide bonds. The molecule has 25 heavy (non-hydrogen) atoms. The first-order valence-corrected chi connectivity index (χ1v) is 8.23. The van der Waals surface area contributed by atoms with Crippen LogP contribution < -0.4 is 9.64 Å². The first kappa shape index (κ1) is 17.2. The van der Waals surface area contributed by atoms with Crippen LogP contribution in [-0.2, 0) is 4.79 Å². The van der Waals surface area contributed by atoms with E-state index in [-0.39, 0.29) is 12.7 Å². The van der Waals surface area contributed by atoms with E-state index in [0.717, 1.165) is 36.1 Å². The second-order valence-corrected chi connectivity index (χ2v) is 6.17. The number of aliphatic hydroxyl groups excluding tert-OH is 1. The topological polar surface area (TPSA) is 95.8 Å². The van der Waals surface area contributed by atoms with E-state index >= 15 is 0 Å². The highest BCUT2D eigenvalue weighted by atomic mass is 16.5. The zero-order valence-electron chi connectivity index (χ0n) is 14.1. The average molecular weight is 343 g/mol. The molecule has 1 atom stereocenters. The molecule has 0 bridgehead atoms. The van der Waals surface area contributed by atoms with E-state index < -0.39 is 5.97 Å². The number of carboxylic acids is 1. The second kappa shape index (κ2) is 7.48. The maximum Gasteiger partial charge on any atom is 0.341 e. The number of rotatable bonds is 5. The van der Waals surface area contributed by atoms with E-state index in [4.69, 9.17) is 9.84 Å². The number of aliphatic hydroxyl groups is 1. The quantitative estimate of drug-likeness (QED) is 0.855. The van der Waals surface area contributed by atoms with Crippen LogP contribution in [0.5, 0.6) is 5.75 Å². The number of hydrogen-bond donors (Lipinski definition) is 2. The van der Waals surface area contributed by atoms with Gasteiger partial charge in [0.2, 0.25) is 5.95 Å². The van der Waals surface area contributed by atoms with E-state index in [1.54, 1.807) is 24.5 Å². The second-order valence-electron chi connectivity index (χ2n) is 6.17. The van der Waals surface area contributed by atoms with E-state index in [2.05, 4.69) is 9.97 Å². The molecule has 1 aromatic heterocycles. The van der Waals surface area contributed by atoms with E-state index in [1.807, 2.05) is 17.9 Å². The summed E-state index contributed by atoms with van der Waals surface area (Å²) < 4.78 is 5.19. The average Bonchev–Trinajstić information content (AvgIpc) is 2.60. The standard InChI is InChI=1S/C18H21N3O4/c1-12-7-15(25-11-17(23)24)4-5-16(12)13-8-19-18(20-9-13)21-6-2-3-14(22)10-21/h4-5,7-9,14,22H,2-3,6,10-11H2,1H3,(H,23,24). The summed E-state index contributed by atoms with van der Waals surface area (Å²) in [6, 6.07) is 5.41. The summed E-state index contributed by atoms with van der Waals surface area (Å²) in [5, 5.41) is 18.4. The molecule has 1 aliphatic rings. The molecule has 7 nitrogen and oxygen atoms in total. The van der Waals surface area contributed by atoms with Gasteiger partial charge < -0.3 is 19.8 Å². The molecule has 0 aliphatic carbocycles. The van der Waals surface area contributed by atoms with Crippen molar-refractivity contribution in [3.63, 3.8) is 0 Å². The van der Waals surface area contributed by atoms with Crippen LogP contribution in [0.4, 0.5) is 5.95 Å². The third-order valence-corrected chi connectivity index (χ3v) is 4.19. The largest absolute Gasteiger partial charge is 0.482 e. The minimum absolute atomic E-state index is 0.322. The molecule has 3 rings (SSSR count). The normalized spacial score (nSPS) is 17.4. The number of aromatic nitrogens is 2. The van der Waals surface area contributed by atoms with Gasteiger partial charge in [-0.15, -0.1) is 0 Å². The number of β-amino-alcohol motifs (C(OH)–C–C–N with tert-alkyl or cyclic N) is 1. The van der Waals surface area contributed by atoms with Crippen molar-refractivity contribution in [1.82, 2.24) is 9.97 Å². The van der Waals surface area contributed by atoms with Gasteiger partial charge in [-0.2, -0.15) is 0 Å². The lowest BCUT2D eigenvalue weighted by Crippen LogP contribution is -2.39. The van der Waals surface area contributed by atoms with Crippen molar-refractivity contribution in [2.75, 3.05) is 24.6 Å². The third kappa shape index (κ3) is 4.24. The Balaban J connectivity index is 1.74. The molecule has 0 saturated carbocycles. The Morgan fingerprint density at radius 1 is 1.36 bits per heavy atom. The van der Waals surface area contributed by atoms with Crippen molar-refractivity contribution in [3.05, 3.63) is 36.2 Å². The first-order chi connectivity index (χ1) is 12.0. The summed E-state index contributed by atoms with van der Waals surface area (Å²) in [7, 11) is 0. The van der Waals surface area contributed by atoms with Crippen LogP contribution in [0.15, 0.2) is 30.6 Å². The van der Waals surface area contributed by atoms with Crippen LogP contribution in [0.3, 0.4) is 0 Å². The number of nitrogens with zero attached hydrogens (tertiary/aromatic N) is 3. The molecule has 132 valence electrons. The number of ether oxygens (including phenoxy) is 1. The lowest BCUT2D eigenvalue weighted by molar-refractivity contribution is -0.139. The van der Waals surface area contributed by atoms with E-state index in [0.29, 0.717) is 18.2 Å². The van der Waals surface area contributed by atoms with Gasteiger partial charge in [-0.05, 0) is 43.0 Å². The molecule has 1 aliphatic heterocycles. The molecule has 0 spiro atoms. The minimum Gasteiger partial charge on any atom is -0.482 e. The van der Waals surface area contributed by atoms with Gasteiger partial charge >= 0.3 is 5.97 Å². The number of piperidine rings is 1. The van der Waals surface area contributed by atoms with E-state index in [9.17, 15) is 9.90 Å². The third-order valence-electron chi connectivity index (χ3n) is 4.19. The van der Waals surface area contributed by atoms with Gasteiger partial charge in [-0.3, -0.25) is 0 Å². The number of anilines is 1. The molecule has 1 aromatic carbocycles. The maximum atomic E-state index is 10.6. The SMILES string of the molecule is Cc1cc(OCC(=O)O)ccc1-c1cnc(N2CCCC(O)C2)nc1. The van der Waals surface area contributed by atoms with Gasteiger partial charge in [-0.1, -0.05) is 6.07 Å². The highest BCUT2D eigenvalue weighted by molar-refractivity contribution is 5.69. The molecular weight excluding hydrogens is 322 g/mol. The smallest absolute Gasteiger partial charge is 0.341 e. The highest BCUT2D eigenvalue weighted by Crippen LogP contribution is 2.27. The molecule has 2 heterocycles. The monoisotopic (exact) mass is 343 g/mol. The lowest BCUT2D eigenvalue weighted by Gasteiger charge is -2.29. The number of benzene rings is 1. The maximum absolute atomic E-state index is 10.6. The Bertz CT molecular complexity index is 748. The predicted molar refractivity (Wildman–Crippen MR) is 92.8 cm³/mol. The summed E-state index contributed by atoms with van der Waals surface area (Å²) in [6.45, 7) is 2.98. The Morgan fingerprint density at radius 3 is 2.76 bits per heavy atom. The fourth-order valence-electron chi connectivity index (χ4n) is 2.95. The number of aryl methyl sites for hydroxylation is 1. The van der Waals surface area contributed by atoms with Crippen LogP contribution in [-0.4, -0.2) is 52.0 Å². The number of carbonyl (C=O) groups is 1. The van der Waals surface area contributed by atoms with E-state index in [1.165, 1.54) is 0 Å². The van der Waals surface area contributed by atoms with Crippen LogP contribution in [0.1, 0.15) is 18.4 Å². The van der Waals surface area contributed by atoms with Gasteiger partial charge in [0.1, 0.15) is 5.75 Å². The Hall–Kier alpha value is -2.67. The van der Waals surface area contributed by atoms with Crippen molar-refractivity contribution in [3.8, 4) is 16.9 Å². The molecular formula is C18H21N3O4. The summed E-state index contributed by atoms with van der Waals surface area (Å²) in [6.07, 6.45) is 4.97. The fourth-order valence-corrected chi connectivity index (χ4v) is 2.95. The van der Waals surface area contributed by atoms with Crippen molar-refractivity contribution < 1.29 is 19.7 Å². The molecule has 2 aromatic rings. The van der Waals surface area contributed by atoms with Gasteiger partial charge in [0.05, 0.1) is 6.10 Å². The van der Waals surface area contributed by atoms with Gasteiger partial charge in [0.15, 0.2) is 6.61 Å². The molecule has 1 saturated heterocycles. The summed E-state index contributed by atoms with van der Waals surface area (Å²) in [5.74, 6) is 0.138. The van der Waals surface area contributed by atoms with Crippen LogP contribution >= 0.6 is 0 Å². The Labute approximate surface area is 145 Å². The van der Waals surface area contributed by atoms with Gasteiger partial charge in [0.25, 0.3) is 0 Å². The Morgan fingerprint density at radius 2 is 2.12 bits per heavy atom. The molecule has 1 fully saturated rings. The summed E-state index contributed by atoms with van der Waals surface area (Å²) in [4.78, 5) is 21.4. The number of hydrogen-bond acceptors (Lipinski definition) is 6. The molecule has 1 unspecified atom stereocenters. The van der Waals surface area contributed by atoms with Crippen molar-refractivity contribution in [2.45, 2.75) is 25.9 Å². The molecule has 0 radical (unpaired) electrons. The van der Waals surface area contributed by atoms with Crippen LogP contribution in [0.2, 0.25) is 0 Å². The van der Waals surface area contributed by atoms with Gasteiger partial charge in [0, 0.05) is 31.0 Å². The van der Waals surface area contributed by atoms with Crippen LogP contribution in [0.25, 0.3) is 11.1 Å². The van der Waals surface area contributed by atoms with Gasteiger partial charge in [-0.25, -0.2) is 14.8 Å². The number of carboxylic acid groups (broad SMARTS) is 1. The lowest BCUT2D eigenvalue weighted by atomic mass is 10.0. The molecule has 2 N–H and O–H groups in total. The highest BCUT2D eigenvalue weighted by Gasteiger charge is 2.19. The zero-order valence-corrected chi connectivity index (χ0v) is 14.1. The van der Waals surface area contributed by atoms with Crippen molar-refractivity contribution in [2.24, 2.45) is 0 Å².